The van der Waals surface area contributed by atoms with Crippen LogP contribution in [0.1, 0.15) is 12.8 Å². The Hall–Kier alpha value is -0.880. The van der Waals surface area contributed by atoms with Crippen molar-refractivity contribution in [1.29, 1.82) is 0 Å². The second kappa shape index (κ2) is 3.61. The molecule has 0 aromatic carbocycles. The summed E-state index contributed by atoms with van der Waals surface area (Å²) in [5.41, 5.74) is 0. The zero-order chi connectivity index (χ0) is 11.1. The molecule has 83 valence electrons. The fraction of sp³-hybridized carbons (Fsp3) is 0.556. The van der Waals surface area contributed by atoms with Gasteiger partial charge in [-0.1, -0.05) is 0 Å². The van der Waals surface area contributed by atoms with E-state index in [0.29, 0.717) is 6.54 Å². The SMILES string of the molecule is [CH2]C1CCCN1S(=O)(=O)c1cn(C)cn1. The lowest BCUT2D eigenvalue weighted by Gasteiger charge is -2.18. The number of hydrogen-bond acceptors (Lipinski definition) is 3. The summed E-state index contributed by atoms with van der Waals surface area (Å²) in [4.78, 5) is 3.87. The molecule has 5 nitrogen and oxygen atoms in total. The van der Waals surface area contributed by atoms with Crippen LogP contribution < -0.4 is 0 Å². The van der Waals surface area contributed by atoms with E-state index in [2.05, 4.69) is 11.9 Å². The maximum Gasteiger partial charge on any atom is 0.262 e. The van der Waals surface area contributed by atoms with Crippen LogP contribution in [0, 0.1) is 6.92 Å². The van der Waals surface area contributed by atoms with Crippen molar-refractivity contribution in [3.05, 3.63) is 19.4 Å². The van der Waals surface area contributed by atoms with E-state index < -0.39 is 10.0 Å². The highest BCUT2D eigenvalue weighted by Gasteiger charge is 2.33. The van der Waals surface area contributed by atoms with Gasteiger partial charge in [0.1, 0.15) is 0 Å². The fourth-order valence-corrected chi connectivity index (χ4v) is 3.36. The summed E-state index contributed by atoms with van der Waals surface area (Å²) in [6.45, 7) is 4.38. The predicted octanol–water partition coefficient (Wildman–Crippen LogP) is 0.407. The van der Waals surface area contributed by atoms with Gasteiger partial charge < -0.3 is 4.57 Å². The first kappa shape index (κ1) is 10.6. The van der Waals surface area contributed by atoms with Crippen LogP contribution in [0.4, 0.5) is 0 Å². The third-order valence-corrected chi connectivity index (χ3v) is 4.41. The first-order chi connectivity index (χ1) is 7.01. The van der Waals surface area contributed by atoms with Crippen molar-refractivity contribution in [2.75, 3.05) is 6.54 Å². The first-order valence-corrected chi connectivity index (χ1v) is 6.29. The van der Waals surface area contributed by atoms with Crippen LogP contribution in [0.3, 0.4) is 0 Å². The van der Waals surface area contributed by atoms with Crippen molar-refractivity contribution in [2.45, 2.75) is 23.9 Å². The van der Waals surface area contributed by atoms with Crippen LogP contribution in [0.2, 0.25) is 0 Å². The Morgan fingerprint density at radius 1 is 1.60 bits per heavy atom. The summed E-state index contributed by atoms with van der Waals surface area (Å²) >= 11 is 0. The van der Waals surface area contributed by atoms with Gasteiger partial charge in [-0.25, -0.2) is 13.4 Å². The summed E-state index contributed by atoms with van der Waals surface area (Å²) in [6.07, 6.45) is 4.70. The Balaban J connectivity index is 2.34. The van der Waals surface area contributed by atoms with E-state index in [0.717, 1.165) is 12.8 Å². The average Bonchev–Trinajstić information content (AvgIpc) is 2.74. The van der Waals surface area contributed by atoms with Crippen LogP contribution in [0.5, 0.6) is 0 Å². The van der Waals surface area contributed by atoms with Crippen molar-refractivity contribution in [3.8, 4) is 0 Å². The largest absolute Gasteiger partial charge is 0.339 e. The molecule has 1 aromatic heterocycles. The highest BCUT2D eigenvalue weighted by Crippen LogP contribution is 2.24. The quantitative estimate of drug-likeness (QED) is 0.736. The third kappa shape index (κ3) is 1.79. The summed E-state index contributed by atoms with van der Waals surface area (Å²) < 4.78 is 27.2. The minimum atomic E-state index is -3.43. The average molecular weight is 228 g/mol. The van der Waals surface area contributed by atoms with E-state index in [1.165, 1.54) is 16.8 Å². The monoisotopic (exact) mass is 228 g/mol. The number of sulfonamides is 1. The molecule has 0 N–H and O–H groups in total. The summed E-state index contributed by atoms with van der Waals surface area (Å²) in [5, 5.41) is 0.112. The lowest BCUT2D eigenvalue weighted by Crippen LogP contribution is -2.34. The molecule has 1 aliphatic heterocycles. The Kier molecular flexibility index (Phi) is 2.56. The predicted molar refractivity (Wildman–Crippen MR) is 55.5 cm³/mol. The molecule has 2 rings (SSSR count). The van der Waals surface area contributed by atoms with E-state index in [9.17, 15) is 8.42 Å². The zero-order valence-corrected chi connectivity index (χ0v) is 9.44. The highest BCUT2D eigenvalue weighted by molar-refractivity contribution is 7.89. The molecule has 0 aliphatic carbocycles. The van der Waals surface area contributed by atoms with Gasteiger partial charge in [0.15, 0.2) is 5.03 Å². The lowest BCUT2D eigenvalue weighted by atomic mass is 10.3. The van der Waals surface area contributed by atoms with E-state index in [-0.39, 0.29) is 11.1 Å². The Bertz CT molecular complexity index is 452. The molecule has 1 fully saturated rings. The maximum atomic E-state index is 12.1. The van der Waals surface area contributed by atoms with Crippen LogP contribution in [0.25, 0.3) is 0 Å². The van der Waals surface area contributed by atoms with Crippen molar-refractivity contribution < 1.29 is 8.42 Å². The minimum Gasteiger partial charge on any atom is -0.339 e. The van der Waals surface area contributed by atoms with Gasteiger partial charge in [0.2, 0.25) is 0 Å². The normalized spacial score (nSPS) is 23.5. The van der Waals surface area contributed by atoms with E-state index in [1.807, 2.05) is 0 Å². The molecular weight excluding hydrogens is 214 g/mol. The molecule has 1 aromatic rings. The number of rotatable bonds is 2. The number of aryl methyl sites for hydroxylation is 1. The molecule has 15 heavy (non-hydrogen) atoms. The topological polar surface area (TPSA) is 55.2 Å². The minimum absolute atomic E-state index is 0.112. The molecule has 1 radical (unpaired) electrons. The van der Waals surface area contributed by atoms with Crippen LogP contribution in [0.15, 0.2) is 17.6 Å². The van der Waals surface area contributed by atoms with Crippen molar-refractivity contribution in [1.82, 2.24) is 13.9 Å². The molecule has 6 heteroatoms. The van der Waals surface area contributed by atoms with E-state index in [1.54, 1.807) is 11.6 Å². The van der Waals surface area contributed by atoms with Crippen molar-refractivity contribution in [2.24, 2.45) is 7.05 Å². The van der Waals surface area contributed by atoms with Gasteiger partial charge in [-0.15, -0.1) is 0 Å². The molecule has 0 spiro atoms. The van der Waals surface area contributed by atoms with Gasteiger partial charge in [-0.3, -0.25) is 0 Å². The van der Waals surface area contributed by atoms with Crippen LogP contribution in [-0.2, 0) is 17.1 Å². The van der Waals surface area contributed by atoms with Gasteiger partial charge in [-0.2, -0.15) is 4.31 Å². The molecule has 1 atom stereocenters. The summed E-state index contributed by atoms with van der Waals surface area (Å²) in [7, 11) is -1.68. The molecular formula is C9H14N3O2S. The lowest BCUT2D eigenvalue weighted by molar-refractivity contribution is 0.429. The molecule has 1 aliphatic rings. The van der Waals surface area contributed by atoms with Gasteiger partial charge in [0.25, 0.3) is 10.0 Å². The molecule has 0 saturated carbocycles. The summed E-state index contributed by atoms with van der Waals surface area (Å²) in [6, 6.07) is -0.156. The molecule has 2 heterocycles. The molecule has 0 amide bonds. The molecule has 0 bridgehead atoms. The molecule has 1 saturated heterocycles. The fourth-order valence-electron chi connectivity index (χ4n) is 1.77. The second-order valence-electron chi connectivity index (χ2n) is 3.79. The number of aromatic nitrogens is 2. The number of hydrogen-bond donors (Lipinski definition) is 0. The first-order valence-electron chi connectivity index (χ1n) is 4.85. The number of nitrogens with zero attached hydrogens (tertiary/aromatic N) is 3. The van der Waals surface area contributed by atoms with E-state index in [4.69, 9.17) is 0 Å². The van der Waals surface area contributed by atoms with Crippen molar-refractivity contribution in [3.63, 3.8) is 0 Å². The Morgan fingerprint density at radius 3 is 2.80 bits per heavy atom. The maximum absolute atomic E-state index is 12.1. The van der Waals surface area contributed by atoms with E-state index >= 15 is 0 Å². The standard InChI is InChI=1S/C9H14N3O2S/c1-8-4-3-5-12(8)15(13,14)9-6-11(2)7-10-9/h6-8H,1,3-5H2,2H3. The van der Waals surface area contributed by atoms with Gasteiger partial charge in [0, 0.05) is 25.8 Å². The zero-order valence-electron chi connectivity index (χ0n) is 8.63. The van der Waals surface area contributed by atoms with Crippen LogP contribution in [-0.4, -0.2) is 34.9 Å². The third-order valence-electron chi connectivity index (χ3n) is 2.58. The van der Waals surface area contributed by atoms with Crippen LogP contribution >= 0.6 is 0 Å². The van der Waals surface area contributed by atoms with Crippen molar-refractivity contribution >= 4 is 10.0 Å². The smallest absolute Gasteiger partial charge is 0.262 e. The summed E-state index contributed by atoms with van der Waals surface area (Å²) in [5.74, 6) is 0. The second-order valence-corrected chi connectivity index (χ2v) is 5.63. The Morgan fingerprint density at radius 2 is 2.33 bits per heavy atom. The number of imidazole rings is 1. The highest BCUT2D eigenvalue weighted by atomic mass is 32.2. The van der Waals surface area contributed by atoms with Gasteiger partial charge >= 0.3 is 0 Å². The van der Waals surface area contributed by atoms with Gasteiger partial charge in [0.05, 0.1) is 6.33 Å². The van der Waals surface area contributed by atoms with Gasteiger partial charge in [-0.05, 0) is 19.8 Å². The molecule has 1 unspecified atom stereocenters. The Labute approximate surface area is 89.8 Å².